The summed E-state index contributed by atoms with van der Waals surface area (Å²) in [4.78, 5) is 0. The average Bonchev–Trinajstić information content (AvgIpc) is 2.45. The van der Waals surface area contributed by atoms with E-state index in [0.29, 0.717) is 22.7 Å². The first-order chi connectivity index (χ1) is 10.5. The molecule has 0 saturated carbocycles. The Morgan fingerprint density at radius 1 is 1.09 bits per heavy atom. The van der Waals surface area contributed by atoms with Gasteiger partial charge >= 0.3 is 0 Å². The van der Waals surface area contributed by atoms with E-state index < -0.39 is 0 Å². The zero-order valence-corrected chi connectivity index (χ0v) is 16.8. The third kappa shape index (κ3) is 6.52. The Morgan fingerprint density at radius 2 is 1.83 bits per heavy atom. The van der Waals surface area contributed by atoms with Crippen LogP contribution >= 0.6 is 51.5 Å². The molecule has 0 bridgehead atoms. The Morgan fingerprint density at radius 3 is 2.48 bits per heavy atom. The molecule has 0 aliphatic heterocycles. The van der Waals surface area contributed by atoms with Gasteiger partial charge in [-0.3, -0.25) is 0 Å². The summed E-state index contributed by atoms with van der Waals surface area (Å²) in [5.74, 6) is 0.849. The molecule has 2 rings (SSSR count). The lowest BCUT2D eigenvalue weighted by Gasteiger charge is -2.15. The minimum absolute atomic E-state index is 0. The van der Waals surface area contributed by atoms with Crippen molar-refractivity contribution < 1.29 is 4.74 Å². The number of halogens is 4. The summed E-state index contributed by atoms with van der Waals surface area (Å²) in [7, 11) is 0. The van der Waals surface area contributed by atoms with Gasteiger partial charge in [-0.25, -0.2) is 0 Å². The topological polar surface area (TPSA) is 21.3 Å². The molecule has 2 nitrogen and oxygen atoms in total. The number of hydrogen-bond acceptors (Lipinski definition) is 2. The van der Waals surface area contributed by atoms with Gasteiger partial charge in [0.25, 0.3) is 0 Å². The van der Waals surface area contributed by atoms with E-state index in [9.17, 15) is 0 Å². The van der Waals surface area contributed by atoms with Crippen LogP contribution in [0.5, 0.6) is 5.75 Å². The van der Waals surface area contributed by atoms with E-state index in [-0.39, 0.29) is 12.4 Å². The quantitative estimate of drug-likeness (QED) is 0.574. The van der Waals surface area contributed by atoms with Crippen LogP contribution in [0.4, 0.5) is 0 Å². The minimum Gasteiger partial charge on any atom is -0.489 e. The predicted octanol–water partition coefficient (Wildman–Crippen LogP) is 6.25. The molecule has 6 heteroatoms. The van der Waals surface area contributed by atoms with E-state index in [1.807, 2.05) is 24.3 Å². The van der Waals surface area contributed by atoms with E-state index in [4.69, 9.17) is 27.9 Å². The fourth-order valence-electron chi connectivity index (χ4n) is 1.94. The SMILES string of the molecule is CC(C)NCc1cc(Br)ccc1OCc1ccc(Cl)cc1Cl.Cl. The van der Waals surface area contributed by atoms with E-state index in [1.165, 1.54) is 0 Å². The maximum absolute atomic E-state index is 6.18. The highest BCUT2D eigenvalue weighted by atomic mass is 79.9. The average molecular weight is 440 g/mol. The largest absolute Gasteiger partial charge is 0.489 e. The summed E-state index contributed by atoms with van der Waals surface area (Å²) in [6.07, 6.45) is 0. The molecule has 0 aliphatic rings. The van der Waals surface area contributed by atoms with Crippen molar-refractivity contribution >= 4 is 51.5 Å². The highest BCUT2D eigenvalue weighted by molar-refractivity contribution is 9.10. The second kappa shape index (κ2) is 9.75. The standard InChI is InChI=1S/C17H18BrCl2NO.ClH/c1-11(2)21-9-13-7-14(18)4-6-17(13)22-10-12-3-5-15(19)8-16(12)20;/h3-8,11,21H,9-10H2,1-2H3;1H. The van der Waals surface area contributed by atoms with Crippen LogP contribution in [-0.4, -0.2) is 6.04 Å². The van der Waals surface area contributed by atoms with E-state index in [0.717, 1.165) is 27.9 Å². The number of ether oxygens (including phenoxy) is 1. The van der Waals surface area contributed by atoms with Crippen molar-refractivity contribution in [3.8, 4) is 5.75 Å². The molecule has 0 fully saturated rings. The van der Waals surface area contributed by atoms with Gasteiger partial charge in [-0.15, -0.1) is 12.4 Å². The molecule has 126 valence electrons. The van der Waals surface area contributed by atoms with Gasteiger partial charge in [-0.2, -0.15) is 0 Å². The molecule has 0 heterocycles. The Kier molecular flexibility index (Phi) is 8.73. The number of rotatable bonds is 6. The molecule has 0 amide bonds. The van der Waals surface area contributed by atoms with Crippen LogP contribution in [0.25, 0.3) is 0 Å². The first kappa shape index (κ1) is 20.6. The highest BCUT2D eigenvalue weighted by Crippen LogP contribution is 2.26. The summed E-state index contributed by atoms with van der Waals surface area (Å²) in [5, 5.41) is 4.64. The van der Waals surface area contributed by atoms with Crippen LogP contribution in [0.1, 0.15) is 25.0 Å². The van der Waals surface area contributed by atoms with Crippen LogP contribution in [0.3, 0.4) is 0 Å². The van der Waals surface area contributed by atoms with Crippen molar-refractivity contribution in [3.05, 3.63) is 62.0 Å². The first-order valence-corrected chi connectivity index (χ1v) is 8.59. The Balaban J connectivity index is 0.00000264. The lowest BCUT2D eigenvalue weighted by atomic mass is 10.2. The Hall–Kier alpha value is -0.450. The van der Waals surface area contributed by atoms with Gasteiger partial charge in [0, 0.05) is 38.2 Å². The van der Waals surface area contributed by atoms with Crippen molar-refractivity contribution in [3.63, 3.8) is 0 Å². The maximum Gasteiger partial charge on any atom is 0.124 e. The highest BCUT2D eigenvalue weighted by Gasteiger charge is 2.08. The lowest BCUT2D eigenvalue weighted by Crippen LogP contribution is -2.22. The van der Waals surface area contributed by atoms with Crippen molar-refractivity contribution in [1.29, 1.82) is 0 Å². The summed E-state index contributed by atoms with van der Waals surface area (Å²) >= 11 is 15.6. The van der Waals surface area contributed by atoms with Gasteiger partial charge in [-0.05, 0) is 30.3 Å². The summed E-state index contributed by atoms with van der Waals surface area (Å²) in [6.45, 7) is 5.39. The Labute approximate surface area is 162 Å². The molecule has 0 spiro atoms. The molecular formula is C17H19BrCl3NO. The first-order valence-electron chi connectivity index (χ1n) is 7.04. The normalized spacial score (nSPS) is 10.5. The fourth-order valence-corrected chi connectivity index (χ4v) is 2.81. The van der Waals surface area contributed by atoms with E-state index in [2.05, 4.69) is 41.2 Å². The summed E-state index contributed by atoms with van der Waals surface area (Å²) in [6, 6.07) is 11.8. The van der Waals surface area contributed by atoms with Crippen LogP contribution in [-0.2, 0) is 13.2 Å². The molecule has 0 aromatic heterocycles. The molecule has 1 N–H and O–H groups in total. The van der Waals surface area contributed by atoms with Gasteiger partial charge < -0.3 is 10.1 Å². The maximum atomic E-state index is 6.18. The number of nitrogens with one attached hydrogen (secondary N) is 1. The zero-order chi connectivity index (χ0) is 16.1. The van der Waals surface area contributed by atoms with Crippen molar-refractivity contribution in [2.24, 2.45) is 0 Å². The van der Waals surface area contributed by atoms with Crippen LogP contribution in [0, 0.1) is 0 Å². The smallest absolute Gasteiger partial charge is 0.124 e. The Bertz CT molecular complexity index is 650. The second-order valence-electron chi connectivity index (χ2n) is 5.31. The minimum atomic E-state index is 0. The summed E-state index contributed by atoms with van der Waals surface area (Å²) < 4.78 is 6.98. The number of hydrogen-bond donors (Lipinski definition) is 1. The molecule has 0 atom stereocenters. The van der Waals surface area contributed by atoms with Gasteiger partial charge in [0.05, 0.1) is 0 Å². The van der Waals surface area contributed by atoms with Crippen LogP contribution in [0.15, 0.2) is 40.9 Å². The molecule has 2 aromatic carbocycles. The second-order valence-corrected chi connectivity index (χ2v) is 7.07. The molecule has 0 unspecified atom stereocenters. The van der Waals surface area contributed by atoms with Gasteiger partial charge in [-0.1, -0.05) is 59.0 Å². The van der Waals surface area contributed by atoms with Crippen LogP contribution in [0.2, 0.25) is 10.0 Å². The molecular weight excluding hydrogens is 420 g/mol. The van der Waals surface area contributed by atoms with Gasteiger partial charge in [0.1, 0.15) is 12.4 Å². The van der Waals surface area contributed by atoms with Crippen molar-refractivity contribution in [1.82, 2.24) is 5.32 Å². The lowest BCUT2D eigenvalue weighted by molar-refractivity contribution is 0.302. The molecule has 0 aliphatic carbocycles. The van der Waals surface area contributed by atoms with Crippen molar-refractivity contribution in [2.45, 2.75) is 33.0 Å². The molecule has 2 aromatic rings. The third-order valence-electron chi connectivity index (χ3n) is 3.12. The van der Waals surface area contributed by atoms with Crippen LogP contribution < -0.4 is 10.1 Å². The molecule has 23 heavy (non-hydrogen) atoms. The predicted molar refractivity (Wildman–Crippen MR) is 104 cm³/mol. The fraction of sp³-hybridized carbons (Fsp3) is 0.294. The van der Waals surface area contributed by atoms with E-state index in [1.54, 1.807) is 6.07 Å². The third-order valence-corrected chi connectivity index (χ3v) is 4.20. The van der Waals surface area contributed by atoms with E-state index >= 15 is 0 Å². The van der Waals surface area contributed by atoms with Gasteiger partial charge in [0.15, 0.2) is 0 Å². The van der Waals surface area contributed by atoms with Gasteiger partial charge in [0.2, 0.25) is 0 Å². The zero-order valence-electron chi connectivity index (χ0n) is 12.9. The molecule has 0 saturated heterocycles. The monoisotopic (exact) mass is 437 g/mol. The number of benzene rings is 2. The summed E-state index contributed by atoms with van der Waals surface area (Å²) in [5.41, 5.74) is 2.02. The molecule has 0 radical (unpaired) electrons. The van der Waals surface area contributed by atoms with Crippen molar-refractivity contribution in [2.75, 3.05) is 0 Å².